The van der Waals surface area contributed by atoms with Crippen LogP contribution in [0.4, 0.5) is 5.69 Å². The van der Waals surface area contributed by atoms with Crippen LogP contribution in [-0.2, 0) is 15.8 Å². The molecule has 6 nitrogen and oxygen atoms in total. The van der Waals surface area contributed by atoms with Gasteiger partial charge < -0.3 is 0 Å². The standard InChI is InChI=1S/C9H11BrN2O4S/c10-5-6-11-17(15,16)7-8-1-3-9(4-2-8)12(13)14/h1-4,11H,5-7H2. The average molecular weight is 323 g/mol. The normalized spacial score (nSPS) is 11.4. The molecule has 0 heterocycles. The Hall–Kier alpha value is -0.990. The van der Waals surface area contributed by atoms with Gasteiger partial charge in [0.25, 0.3) is 5.69 Å². The van der Waals surface area contributed by atoms with Crippen LogP contribution in [0.3, 0.4) is 0 Å². The molecule has 0 saturated carbocycles. The molecule has 8 heteroatoms. The second-order valence-electron chi connectivity index (χ2n) is 3.27. The molecular formula is C9H11BrN2O4S. The van der Waals surface area contributed by atoms with Crippen molar-refractivity contribution in [1.82, 2.24) is 4.72 Å². The van der Waals surface area contributed by atoms with Crippen molar-refractivity contribution < 1.29 is 13.3 Å². The molecule has 1 N–H and O–H groups in total. The summed E-state index contributed by atoms with van der Waals surface area (Å²) in [5.74, 6) is -0.183. The van der Waals surface area contributed by atoms with E-state index >= 15 is 0 Å². The molecule has 17 heavy (non-hydrogen) atoms. The molecule has 0 bridgehead atoms. The van der Waals surface area contributed by atoms with Gasteiger partial charge in [-0.25, -0.2) is 13.1 Å². The van der Waals surface area contributed by atoms with E-state index in [2.05, 4.69) is 20.7 Å². The molecular weight excluding hydrogens is 312 g/mol. The number of sulfonamides is 1. The van der Waals surface area contributed by atoms with Crippen LogP contribution in [0.2, 0.25) is 0 Å². The third-order valence-electron chi connectivity index (χ3n) is 1.92. The molecule has 0 amide bonds. The summed E-state index contributed by atoms with van der Waals surface area (Å²) >= 11 is 3.11. The van der Waals surface area contributed by atoms with E-state index < -0.39 is 14.9 Å². The zero-order chi connectivity index (χ0) is 12.9. The predicted octanol–water partition coefficient (Wildman–Crippen LogP) is 1.41. The number of benzene rings is 1. The van der Waals surface area contributed by atoms with Crippen molar-refractivity contribution in [3.63, 3.8) is 0 Å². The molecule has 0 spiro atoms. The van der Waals surface area contributed by atoms with Gasteiger partial charge in [0.15, 0.2) is 0 Å². The summed E-state index contributed by atoms with van der Waals surface area (Å²) in [6.07, 6.45) is 0. The Kier molecular flexibility index (Phi) is 5.03. The third-order valence-corrected chi connectivity index (χ3v) is 3.67. The third kappa shape index (κ3) is 4.80. The molecule has 0 aliphatic rings. The van der Waals surface area contributed by atoms with Gasteiger partial charge in [-0.2, -0.15) is 0 Å². The van der Waals surface area contributed by atoms with Gasteiger partial charge in [-0.15, -0.1) is 0 Å². The Morgan fingerprint density at radius 3 is 2.35 bits per heavy atom. The first-order chi connectivity index (χ1) is 7.94. The highest BCUT2D eigenvalue weighted by atomic mass is 79.9. The van der Waals surface area contributed by atoms with Gasteiger partial charge in [-0.3, -0.25) is 10.1 Å². The molecule has 0 aromatic heterocycles. The summed E-state index contributed by atoms with van der Waals surface area (Å²) in [7, 11) is -3.38. The number of alkyl halides is 1. The molecule has 0 atom stereocenters. The maximum absolute atomic E-state index is 11.5. The second kappa shape index (κ2) is 6.08. The highest BCUT2D eigenvalue weighted by molar-refractivity contribution is 9.09. The second-order valence-corrected chi connectivity index (χ2v) is 5.87. The molecule has 0 radical (unpaired) electrons. The fourth-order valence-electron chi connectivity index (χ4n) is 1.18. The van der Waals surface area contributed by atoms with Crippen LogP contribution in [0.15, 0.2) is 24.3 Å². The Morgan fingerprint density at radius 1 is 1.29 bits per heavy atom. The predicted molar refractivity (Wildman–Crippen MR) is 67.5 cm³/mol. The molecule has 0 aliphatic heterocycles. The van der Waals surface area contributed by atoms with E-state index in [9.17, 15) is 18.5 Å². The highest BCUT2D eigenvalue weighted by Gasteiger charge is 2.11. The lowest BCUT2D eigenvalue weighted by Crippen LogP contribution is -2.26. The summed E-state index contributed by atoms with van der Waals surface area (Å²) in [5, 5.41) is 10.9. The lowest BCUT2D eigenvalue weighted by molar-refractivity contribution is -0.384. The molecule has 94 valence electrons. The summed E-state index contributed by atoms with van der Waals surface area (Å²) in [5.41, 5.74) is 0.456. The monoisotopic (exact) mass is 322 g/mol. The first kappa shape index (κ1) is 14.1. The van der Waals surface area contributed by atoms with Gasteiger partial charge in [0.2, 0.25) is 10.0 Å². The van der Waals surface area contributed by atoms with Gasteiger partial charge in [0.1, 0.15) is 0 Å². The van der Waals surface area contributed by atoms with Crippen molar-refractivity contribution in [2.24, 2.45) is 0 Å². The van der Waals surface area contributed by atoms with Crippen LogP contribution < -0.4 is 4.72 Å². The Labute approximate surface area is 107 Å². The highest BCUT2D eigenvalue weighted by Crippen LogP contribution is 2.13. The fourth-order valence-corrected chi connectivity index (χ4v) is 2.79. The zero-order valence-corrected chi connectivity index (χ0v) is 11.2. The van der Waals surface area contributed by atoms with E-state index in [4.69, 9.17) is 0 Å². The average Bonchev–Trinajstić information content (AvgIpc) is 2.26. The van der Waals surface area contributed by atoms with E-state index in [1.165, 1.54) is 24.3 Å². The van der Waals surface area contributed by atoms with Crippen LogP contribution in [0.5, 0.6) is 0 Å². The number of nitrogens with zero attached hydrogens (tertiary/aromatic N) is 1. The number of rotatable bonds is 6. The van der Waals surface area contributed by atoms with E-state index in [0.29, 0.717) is 17.4 Å². The van der Waals surface area contributed by atoms with Crippen molar-refractivity contribution in [2.75, 3.05) is 11.9 Å². The van der Waals surface area contributed by atoms with E-state index in [1.54, 1.807) is 0 Å². The summed E-state index contributed by atoms with van der Waals surface area (Å²) in [4.78, 5) is 9.88. The summed E-state index contributed by atoms with van der Waals surface area (Å²) in [6, 6.07) is 5.45. The first-order valence-corrected chi connectivity index (χ1v) is 7.48. The van der Waals surface area contributed by atoms with Gasteiger partial charge >= 0.3 is 0 Å². The molecule has 0 fully saturated rings. The van der Waals surface area contributed by atoms with Crippen molar-refractivity contribution in [1.29, 1.82) is 0 Å². The number of nitrogens with one attached hydrogen (secondary N) is 1. The molecule has 1 rings (SSSR count). The maximum Gasteiger partial charge on any atom is 0.269 e. The van der Waals surface area contributed by atoms with E-state index in [0.717, 1.165) is 0 Å². The Morgan fingerprint density at radius 2 is 1.88 bits per heavy atom. The zero-order valence-electron chi connectivity index (χ0n) is 8.80. The van der Waals surface area contributed by atoms with Crippen LogP contribution >= 0.6 is 15.9 Å². The maximum atomic E-state index is 11.5. The molecule has 1 aromatic carbocycles. The van der Waals surface area contributed by atoms with Crippen LogP contribution in [0.25, 0.3) is 0 Å². The Balaban J connectivity index is 2.72. The fraction of sp³-hybridized carbons (Fsp3) is 0.333. The van der Waals surface area contributed by atoms with Crippen molar-refractivity contribution >= 4 is 31.6 Å². The summed E-state index contributed by atoms with van der Waals surface area (Å²) in [6.45, 7) is 0.315. The molecule has 0 aliphatic carbocycles. The van der Waals surface area contributed by atoms with E-state index in [1.807, 2.05) is 0 Å². The lowest BCUT2D eigenvalue weighted by Gasteiger charge is -2.04. The quantitative estimate of drug-likeness (QED) is 0.487. The SMILES string of the molecule is O=[N+]([O-])c1ccc(CS(=O)(=O)NCCBr)cc1. The van der Waals surface area contributed by atoms with Gasteiger partial charge in [-0.1, -0.05) is 28.1 Å². The van der Waals surface area contributed by atoms with Gasteiger partial charge in [0, 0.05) is 24.0 Å². The van der Waals surface area contributed by atoms with Crippen molar-refractivity contribution in [2.45, 2.75) is 5.75 Å². The molecule has 0 unspecified atom stereocenters. The number of hydrogen-bond donors (Lipinski definition) is 1. The number of nitro benzene ring substituents is 1. The number of halogens is 1. The lowest BCUT2D eigenvalue weighted by atomic mass is 10.2. The minimum atomic E-state index is -3.38. The largest absolute Gasteiger partial charge is 0.269 e. The number of hydrogen-bond acceptors (Lipinski definition) is 4. The van der Waals surface area contributed by atoms with Crippen molar-refractivity contribution in [3.05, 3.63) is 39.9 Å². The van der Waals surface area contributed by atoms with E-state index in [-0.39, 0.29) is 11.4 Å². The molecule has 0 saturated heterocycles. The Bertz CT molecular complexity index is 486. The minimum absolute atomic E-state index is 0.0560. The number of nitro groups is 1. The number of non-ortho nitro benzene ring substituents is 1. The van der Waals surface area contributed by atoms with Gasteiger partial charge in [-0.05, 0) is 5.56 Å². The minimum Gasteiger partial charge on any atom is -0.258 e. The van der Waals surface area contributed by atoms with Gasteiger partial charge in [0.05, 0.1) is 10.7 Å². The molecule has 1 aromatic rings. The summed E-state index contributed by atoms with van der Waals surface area (Å²) < 4.78 is 25.4. The topological polar surface area (TPSA) is 89.3 Å². The van der Waals surface area contributed by atoms with Crippen LogP contribution in [0, 0.1) is 10.1 Å². The smallest absolute Gasteiger partial charge is 0.258 e. The van der Waals surface area contributed by atoms with Crippen LogP contribution in [-0.4, -0.2) is 25.2 Å². The van der Waals surface area contributed by atoms with Crippen LogP contribution in [0.1, 0.15) is 5.56 Å². The van der Waals surface area contributed by atoms with Crippen molar-refractivity contribution in [3.8, 4) is 0 Å². The first-order valence-electron chi connectivity index (χ1n) is 4.71.